The summed E-state index contributed by atoms with van der Waals surface area (Å²) in [6, 6.07) is 17.4. The molecule has 1 fully saturated rings. The maximum atomic E-state index is 11.9. The lowest BCUT2D eigenvalue weighted by Crippen LogP contribution is -2.30. The molecule has 1 aliphatic carbocycles. The highest BCUT2D eigenvalue weighted by molar-refractivity contribution is 7.98. The van der Waals surface area contributed by atoms with Crippen LogP contribution >= 0.6 is 11.8 Å². The molecule has 6 heteroatoms. The molecule has 0 radical (unpaired) electrons. The minimum absolute atomic E-state index is 0.0383. The van der Waals surface area contributed by atoms with Crippen LogP contribution in [0, 0.1) is 5.92 Å². The van der Waals surface area contributed by atoms with Gasteiger partial charge in [-0.25, -0.2) is 0 Å². The van der Waals surface area contributed by atoms with Crippen molar-refractivity contribution in [2.75, 3.05) is 24.2 Å². The van der Waals surface area contributed by atoms with Gasteiger partial charge in [0.1, 0.15) is 5.75 Å². The molecule has 27 heavy (non-hydrogen) atoms. The summed E-state index contributed by atoms with van der Waals surface area (Å²) in [4.78, 5) is 23.7. The van der Waals surface area contributed by atoms with Gasteiger partial charge in [0.2, 0.25) is 5.91 Å². The van der Waals surface area contributed by atoms with Crippen molar-refractivity contribution in [3.8, 4) is 5.75 Å². The second-order valence-corrected chi connectivity index (χ2v) is 7.57. The Hall–Kier alpha value is -2.47. The van der Waals surface area contributed by atoms with Crippen LogP contribution in [-0.4, -0.2) is 30.7 Å². The summed E-state index contributed by atoms with van der Waals surface area (Å²) in [7, 11) is 0. The van der Waals surface area contributed by atoms with Gasteiger partial charge in [-0.2, -0.15) is 11.8 Å². The number of benzene rings is 2. The molecule has 0 unspecified atom stereocenters. The van der Waals surface area contributed by atoms with Crippen molar-refractivity contribution in [1.82, 2.24) is 5.32 Å². The van der Waals surface area contributed by atoms with Crippen LogP contribution in [0.1, 0.15) is 18.4 Å². The van der Waals surface area contributed by atoms with Crippen LogP contribution in [-0.2, 0) is 15.3 Å². The maximum Gasteiger partial charge on any atom is 0.257 e. The molecule has 0 atom stereocenters. The van der Waals surface area contributed by atoms with Crippen molar-refractivity contribution in [2.24, 2.45) is 5.92 Å². The second kappa shape index (κ2) is 10.0. The molecule has 3 rings (SSSR count). The molecular weight excluding hydrogens is 360 g/mol. The largest absolute Gasteiger partial charge is 0.484 e. The lowest BCUT2D eigenvalue weighted by atomic mass is 10.2. The molecule has 2 aromatic rings. The number of anilines is 1. The Labute approximate surface area is 163 Å². The van der Waals surface area contributed by atoms with Gasteiger partial charge in [0, 0.05) is 35.7 Å². The number of hydrogen-bond acceptors (Lipinski definition) is 4. The summed E-state index contributed by atoms with van der Waals surface area (Å²) in [5, 5.41) is 5.73. The third-order valence-electron chi connectivity index (χ3n) is 4.10. The quantitative estimate of drug-likeness (QED) is 0.616. The van der Waals surface area contributed by atoms with Crippen LogP contribution in [0.5, 0.6) is 5.75 Å². The highest BCUT2D eigenvalue weighted by Crippen LogP contribution is 2.30. The number of nitrogens with one attached hydrogen (secondary N) is 2. The number of carbonyl (C=O) groups is 2. The molecule has 2 amide bonds. The highest BCUT2D eigenvalue weighted by atomic mass is 32.2. The number of carbonyl (C=O) groups excluding carboxylic acids is 2. The van der Waals surface area contributed by atoms with Gasteiger partial charge < -0.3 is 15.4 Å². The van der Waals surface area contributed by atoms with Gasteiger partial charge in [0.25, 0.3) is 5.91 Å². The summed E-state index contributed by atoms with van der Waals surface area (Å²) < 4.78 is 5.52. The summed E-state index contributed by atoms with van der Waals surface area (Å²) in [5.41, 5.74) is 1.98. The molecule has 142 valence electrons. The van der Waals surface area contributed by atoms with Crippen molar-refractivity contribution in [3.05, 3.63) is 60.2 Å². The van der Waals surface area contributed by atoms with E-state index in [0.29, 0.717) is 18.0 Å². The van der Waals surface area contributed by atoms with Gasteiger partial charge in [0.15, 0.2) is 6.61 Å². The molecule has 0 spiro atoms. The van der Waals surface area contributed by atoms with Crippen LogP contribution in [0.25, 0.3) is 0 Å². The van der Waals surface area contributed by atoms with Crippen molar-refractivity contribution in [3.63, 3.8) is 0 Å². The number of hydrogen-bond donors (Lipinski definition) is 2. The standard InChI is InChI=1S/C21H24N2O3S/c24-20(22-11-12-27-15-16-5-2-1-3-6-16)14-26-19-8-4-7-18(13-19)23-21(25)17-9-10-17/h1-8,13,17H,9-12,14-15H2,(H,22,24)(H,23,25). The predicted molar refractivity (Wildman–Crippen MR) is 109 cm³/mol. The first-order chi connectivity index (χ1) is 13.2. The van der Waals surface area contributed by atoms with Gasteiger partial charge in [-0.3, -0.25) is 9.59 Å². The predicted octanol–water partition coefficient (Wildman–Crippen LogP) is 3.46. The Morgan fingerprint density at radius 2 is 1.89 bits per heavy atom. The van der Waals surface area contributed by atoms with Crippen LogP contribution < -0.4 is 15.4 Å². The SMILES string of the molecule is O=C(COc1cccc(NC(=O)C2CC2)c1)NCCSCc1ccccc1. The van der Waals surface area contributed by atoms with Gasteiger partial charge in [-0.15, -0.1) is 0 Å². The van der Waals surface area contributed by atoms with Gasteiger partial charge in [0.05, 0.1) is 0 Å². The van der Waals surface area contributed by atoms with Gasteiger partial charge >= 0.3 is 0 Å². The van der Waals surface area contributed by atoms with Crippen molar-refractivity contribution in [1.29, 1.82) is 0 Å². The Bertz CT molecular complexity index is 763. The summed E-state index contributed by atoms with van der Waals surface area (Å²) >= 11 is 1.78. The minimum atomic E-state index is -0.150. The van der Waals surface area contributed by atoms with E-state index in [1.165, 1.54) is 5.56 Å². The highest BCUT2D eigenvalue weighted by Gasteiger charge is 2.29. The average molecular weight is 385 g/mol. The Morgan fingerprint density at radius 3 is 2.67 bits per heavy atom. The van der Waals surface area contributed by atoms with E-state index in [-0.39, 0.29) is 24.3 Å². The molecule has 2 aromatic carbocycles. The smallest absolute Gasteiger partial charge is 0.257 e. The zero-order chi connectivity index (χ0) is 18.9. The third-order valence-corrected chi connectivity index (χ3v) is 5.13. The van der Waals surface area contributed by atoms with E-state index in [2.05, 4.69) is 22.8 Å². The summed E-state index contributed by atoms with van der Waals surface area (Å²) in [5.74, 6) is 2.41. The van der Waals surface area contributed by atoms with Crippen LogP contribution in [0.3, 0.4) is 0 Å². The first kappa shape index (κ1) is 19.3. The molecule has 5 nitrogen and oxygen atoms in total. The van der Waals surface area contributed by atoms with Crippen LogP contribution in [0.4, 0.5) is 5.69 Å². The van der Waals surface area contributed by atoms with E-state index >= 15 is 0 Å². The molecule has 0 aliphatic heterocycles. The monoisotopic (exact) mass is 384 g/mol. The lowest BCUT2D eigenvalue weighted by molar-refractivity contribution is -0.123. The molecular formula is C21H24N2O3S. The van der Waals surface area contributed by atoms with E-state index in [1.54, 1.807) is 30.0 Å². The van der Waals surface area contributed by atoms with E-state index < -0.39 is 0 Å². The fourth-order valence-electron chi connectivity index (χ4n) is 2.48. The molecule has 0 aromatic heterocycles. The number of rotatable bonds is 10. The molecule has 1 aliphatic rings. The van der Waals surface area contributed by atoms with E-state index in [4.69, 9.17) is 4.74 Å². The fraction of sp³-hybridized carbons (Fsp3) is 0.333. The van der Waals surface area contributed by atoms with E-state index in [1.807, 2.05) is 24.3 Å². The van der Waals surface area contributed by atoms with Gasteiger partial charge in [-0.1, -0.05) is 36.4 Å². The Morgan fingerprint density at radius 1 is 1.07 bits per heavy atom. The van der Waals surface area contributed by atoms with Crippen LogP contribution in [0.2, 0.25) is 0 Å². The van der Waals surface area contributed by atoms with Crippen molar-refractivity contribution >= 4 is 29.3 Å². The zero-order valence-electron chi connectivity index (χ0n) is 15.1. The first-order valence-electron chi connectivity index (χ1n) is 9.13. The Balaban J connectivity index is 1.31. The van der Waals surface area contributed by atoms with Crippen molar-refractivity contribution < 1.29 is 14.3 Å². The third kappa shape index (κ3) is 6.98. The summed E-state index contributed by atoms with van der Waals surface area (Å²) in [6.07, 6.45) is 1.93. The molecule has 0 bridgehead atoms. The number of ether oxygens (including phenoxy) is 1. The fourth-order valence-corrected chi connectivity index (χ4v) is 3.30. The first-order valence-corrected chi connectivity index (χ1v) is 10.3. The maximum absolute atomic E-state index is 11.9. The molecule has 0 saturated heterocycles. The Kier molecular flexibility index (Phi) is 7.16. The zero-order valence-corrected chi connectivity index (χ0v) is 16.0. The topological polar surface area (TPSA) is 67.4 Å². The number of thioether (sulfide) groups is 1. The summed E-state index contributed by atoms with van der Waals surface area (Å²) in [6.45, 7) is 0.570. The molecule has 1 saturated carbocycles. The average Bonchev–Trinajstić information content (AvgIpc) is 3.53. The minimum Gasteiger partial charge on any atom is -0.484 e. The normalized spacial score (nSPS) is 13.0. The lowest BCUT2D eigenvalue weighted by Gasteiger charge is -2.09. The van der Waals surface area contributed by atoms with Crippen LogP contribution in [0.15, 0.2) is 54.6 Å². The van der Waals surface area contributed by atoms with Crippen molar-refractivity contribution in [2.45, 2.75) is 18.6 Å². The number of amides is 2. The van der Waals surface area contributed by atoms with E-state index in [9.17, 15) is 9.59 Å². The van der Waals surface area contributed by atoms with E-state index in [0.717, 1.165) is 24.3 Å². The molecule has 0 heterocycles. The van der Waals surface area contributed by atoms with Gasteiger partial charge in [-0.05, 0) is 30.5 Å². The second-order valence-electron chi connectivity index (χ2n) is 6.47. The molecule has 2 N–H and O–H groups in total.